The molecule has 0 aliphatic heterocycles. The van der Waals surface area contributed by atoms with E-state index in [0.717, 1.165) is 31.3 Å². The molecule has 1 rings (SSSR count). The first-order chi connectivity index (χ1) is 12.1. The van der Waals surface area contributed by atoms with E-state index >= 15 is 0 Å². The van der Waals surface area contributed by atoms with Crippen LogP contribution in [0.15, 0.2) is 18.2 Å². The van der Waals surface area contributed by atoms with Gasteiger partial charge in [-0.2, -0.15) is 13.2 Å². The van der Waals surface area contributed by atoms with E-state index in [1.807, 2.05) is 20.8 Å². The second-order valence-corrected chi connectivity index (χ2v) is 12.0. The van der Waals surface area contributed by atoms with Crippen LogP contribution >= 0.6 is 0 Å². The Hall–Kier alpha value is -1.63. The Balaban J connectivity index is 3.76. The van der Waals surface area contributed by atoms with Crippen molar-refractivity contribution in [2.24, 2.45) is 0 Å². The van der Waals surface area contributed by atoms with Gasteiger partial charge in [-0.25, -0.2) is 0 Å². The minimum Gasteiger partial charge on any atom is -0.469 e. The number of carbonyl (C=O) groups is 2. The summed E-state index contributed by atoms with van der Waals surface area (Å²) in [6.45, 7) is 7.45. The largest absolute Gasteiger partial charge is 0.469 e. The van der Waals surface area contributed by atoms with Gasteiger partial charge in [-0.15, -0.1) is 0 Å². The number of halogens is 3. The molecule has 0 bridgehead atoms. The standard InChI is InChI=1S/C19H27F3O3Si/c1-6-26(7-2,8-3)18(13(4)23)14-10-9-11-16(19(20,21)22)15(14)12-17(24)25-5/h9-11,18H,6-8,12H2,1-5H3. The lowest BCUT2D eigenvalue weighted by Gasteiger charge is -2.37. The van der Waals surface area contributed by atoms with Gasteiger partial charge in [0.1, 0.15) is 5.78 Å². The predicted octanol–water partition coefficient (Wildman–Crippen LogP) is 5.14. The first-order valence-corrected chi connectivity index (χ1v) is 11.5. The molecule has 1 aromatic rings. The van der Waals surface area contributed by atoms with Crippen LogP contribution in [0.25, 0.3) is 0 Å². The molecule has 7 heteroatoms. The van der Waals surface area contributed by atoms with Gasteiger partial charge in [0.05, 0.1) is 27.2 Å². The molecule has 1 aromatic carbocycles. The van der Waals surface area contributed by atoms with Crippen molar-refractivity contribution >= 4 is 19.8 Å². The third-order valence-corrected chi connectivity index (χ3v) is 11.7. The highest BCUT2D eigenvalue weighted by atomic mass is 28.3. The van der Waals surface area contributed by atoms with E-state index in [2.05, 4.69) is 4.74 Å². The summed E-state index contributed by atoms with van der Waals surface area (Å²) < 4.78 is 45.3. The smallest absolute Gasteiger partial charge is 0.416 e. The van der Waals surface area contributed by atoms with Gasteiger partial charge in [-0.05, 0) is 24.1 Å². The molecule has 146 valence electrons. The maximum absolute atomic E-state index is 13.6. The van der Waals surface area contributed by atoms with Crippen LogP contribution in [-0.2, 0) is 26.9 Å². The van der Waals surface area contributed by atoms with Crippen LogP contribution in [0.4, 0.5) is 13.2 Å². The van der Waals surface area contributed by atoms with Gasteiger partial charge in [0, 0.05) is 5.54 Å². The predicted molar refractivity (Wildman–Crippen MR) is 97.8 cm³/mol. The van der Waals surface area contributed by atoms with E-state index in [1.165, 1.54) is 13.0 Å². The highest BCUT2D eigenvalue weighted by Crippen LogP contribution is 2.42. The zero-order valence-corrected chi connectivity index (χ0v) is 17.0. The molecule has 1 atom stereocenters. The van der Waals surface area contributed by atoms with Crippen LogP contribution in [0.1, 0.15) is 49.9 Å². The fraction of sp³-hybridized carbons (Fsp3) is 0.579. The third kappa shape index (κ3) is 4.55. The monoisotopic (exact) mass is 388 g/mol. The van der Waals surface area contributed by atoms with Gasteiger partial charge in [0.2, 0.25) is 0 Å². The number of benzene rings is 1. The molecule has 26 heavy (non-hydrogen) atoms. The summed E-state index contributed by atoms with van der Waals surface area (Å²) in [5.74, 6) is -0.880. The zero-order valence-electron chi connectivity index (χ0n) is 16.0. The number of ketones is 1. The normalized spacial score (nSPS) is 13.4. The van der Waals surface area contributed by atoms with E-state index < -0.39 is 37.7 Å². The number of esters is 1. The minimum atomic E-state index is -4.60. The van der Waals surface area contributed by atoms with E-state index in [0.29, 0.717) is 5.56 Å². The summed E-state index contributed by atoms with van der Waals surface area (Å²) in [6.07, 6.45) is -5.09. The Kier molecular flexibility index (Phi) is 7.62. The van der Waals surface area contributed by atoms with Gasteiger partial charge in [0.15, 0.2) is 0 Å². The second kappa shape index (κ2) is 8.84. The molecule has 0 fully saturated rings. The summed E-state index contributed by atoms with van der Waals surface area (Å²) in [4.78, 5) is 24.4. The van der Waals surface area contributed by atoms with Crippen LogP contribution in [0.5, 0.6) is 0 Å². The Labute approximate surface area is 153 Å². The van der Waals surface area contributed by atoms with Crippen LogP contribution in [0.3, 0.4) is 0 Å². The lowest BCUT2D eigenvalue weighted by molar-refractivity contribution is -0.141. The van der Waals surface area contributed by atoms with E-state index in [1.54, 1.807) is 6.07 Å². The number of methoxy groups -OCH3 is 1. The van der Waals surface area contributed by atoms with Crippen molar-refractivity contribution in [1.29, 1.82) is 0 Å². The third-order valence-electron chi connectivity index (χ3n) is 5.51. The highest BCUT2D eigenvalue weighted by molar-refractivity contribution is 6.83. The van der Waals surface area contributed by atoms with Crippen LogP contribution in [-0.4, -0.2) is 26.9 Å². The average Bonchev–Trinajstić information content (AvgIpc) is 2.59. The summed E-state index contributed by atoms with van der Waals surface area (Å²) in [7, 11) is -1.05. The van der Waals surface area contributed by atoms with Crippen LogP contribution in [0.2, 0.25) is 18.1 Å². The maximum atomic E-state index is 13.6. The fourth-order valence-corrected chi connectivity index (χ4v) is 8.41. The van der Waals surface area contributed by atoms with E-state index in [9.17, 15) is 22.8 Å². The van der Waals surface area contributed by atoms with Crippen molar-refractivity contribution < 1.29 is 27.5 Å². The van der Waals surface area contributed by atoms with Crippen molar-refractivity contribution in [3.63, 3.8) is 0 Å². The van der Waals surface area contributed by atoms with Crippen molar-refractivity contribution in [3.8, 4) is 0 Å². The summed E-state index contributed by atoms with van der Waals surface area (Å²) in [5.41, 5.74) is -1.21. The molecule has 0 saturated carbocycles. The Morgan fingerprint density at radius 3 is 2.04 bits per heavy atom. The number of Topliss-reactive ketones (excluding diaryl/α,β-unsaturated/α-hetero) is 1. The molecule has 0 radical (unpaired) electrons. The molecule has 1 unspecified atom stereocenters. The van der Waals surface area contributed by atoms with Gasteiger partial charge >= 0.3 is 12.1 Å². The van der Waals surface area contributed by atoms with Gasteiger partial charge in [0.25, 0.3) is 0 Å². The molecule has 0 amide bonds. The maximum Gasteiger partial charge on any atom is 0.416 e. The van der Waals surface area contributed by atoms with Gasteiger partial charge in [-0.3, -0.25) is 9.59 Å². The summed E-state index contributed by atoms with van der Waals surface area (Å²) in [5, 5.41) is 0. The molecule has 0 heterocycles. The van der Waals surface area contributed by atoms with Crippen LogP contribution in [0, 0.1) is 0 Å². The molecule has 0 spiro atoms. The zero-order chi connectivity index (χ0) is 20.1. The number of ether oxygens (including phenoxy) is 1. The van der Waals surface area contributed by atoms with Crippen molar-refractivity contribution in [3.05, 3.63) is 34.9 Å². The lowest BCUT2D eigenvalue weighted by atomic mass is 9.94. The molecule has 0 aliphatic rings. The first-order valence-electron chi connectivity index (χ1n) is 8.84. The Morgan fingerprint density at radius 1 is 1.12 bits per heavy atom. The number of carbonyl (C=O) groups excluding carboxylic acids is 2. The van der Waals surface area contributed by atoms with Crippen molar-refractivity contribution in [2.75, 3.05) is 7.11 Å². The van der Waals surface area contributed by atoms with Gasteiger partial charge in [-0.1, -0.05) is 51.0 Å². The minimum absolute atomic E-state index is 0.126. The first kappa shape index (κ1) is 22.4. The SMILES string of the molecule is CC[Si](CC)(CC)C(C(C)=O)c1cccc(C(F)(F)F)c1CC(=O)OC. The molecular formula is C19H27F3O3Si. The Bertz CT molecular complexity index is 644. The fourth-order valence-electron chi connectivity index (χ4n) is 3.90. The molecule has 0 aliphatic carbocycles. The summed E-state index contributed by atoms with van der Waals surface area (Å²) >= 11 is 0. The second-order valence-electron chi connectivity index (χ2n) is 6.59. The molecule has 0 aromatic heterocycles. The highest BCUT2D eigenvalue weighted by Gasteiger charge is 2.43. The average molecular weight is 389 g/mol. The van der Waals surface area contributed by atoms with E-state index in [-0.39, 0.29) is 11.3 Å². The van der Waals surface area contributed by atoms with Crippen molar-refractivity contribution in [1.82, 2.24) is 0 Å². The number of hydrogen-bond acceptors (Lipinski definition) is 3. The molecule has 3 nitrogen and oxygen atoms in total. The number of hydrogen-bond donors (Lipinski definition) is 0. The van der Waals surface area contributed by atoms with Gasteiger partial charge < -0.3 is 4.74 Å². The quantitative estimate of drug-likeness (QED) is 0.457. The summed E-state index contributed by atoms with van der Waals surface area (Å²) in [6, 6.07) is 6.23. The lowest BCUT2D eigenvalue weighted by Crippen LogP contribution is -2.44. The number of rotatable bonds is 8. The van der Waals surface area contributed by atoms with E-state index in [4.69, 9.17) is 0 Å². The Morgan fingerprint density at radius 2 is 1.65 bits per heavy atom. The molecular weight excluding hydrogens is 361 g/mol. The molecule has 0 saturated heterocycles. The van der Waals surface area contributed by atoms with Crippen molar-refractivity contribution in [2.45, 2.75) is 64.0 Å². The number of alkyl halides is 3. The molecule has 0 N–H and O–H groups in total. The van der Waals surface area contributed by atoms with Crippen LogP contribution < -0.4 is 0 Å². The topological polar surface area (TPSA) is 43.4 Å².